The van der Waals surface area contributed by atoms with Crippen molar-refractivity contribution in [3.63, 3.8) is 0 Å². The van der Waals surface area contributed by atoms with E-state index in [9.17, 15) is 27.6 Å². The summed E-state index contributed by atoms with van der Waals surface area (Å²) in [6.07, 6.45) is 0.750. The number of aromatic amines is 1. The van der Waals surface area contributed by atoms with Crippen molar-refractivity contribution in [2.45, 2.75) is 5.16 Å². The van der Waals surface area contributed by atoms with Crippen LogP contribution in [0, 0.1) is 17.5 Å². The molecule has 0 aliphatic carbocycles. The van der Waals surface area contributed by atoms with Crippen LogP contribution in [0.4, 0.5) is 24.7 Å². The fraction of sp³-hybridized carbons (Fsp3) is 0.200. The van der Waals surface area contributed by atoms with Gasteiger partial charge in [0.25, 0.3) is 5.56 Å². The molecule has 1 aromatic heterocycles. The number of rotatable bonds is 5. The second-order valence-corrected chi connectivity index (χ2v) is 6.07. The van der Waals surface area contributed by atoms with Crippen LogP contribution >= 0.6 is 11.8 Å². The molecular formula is C15H16F3N5O3S. The molecule has 8 nitrogen and oxygen atoms in total. The summed E-state index contributed by atoms with van der Waals surface area (Å²) >= 11 is 0.840. The highest BCUT2D eigenvalue weighted by atomic mass is 32.2. The van der Waals surface area contributed by atoms with Crippen LogP contribution < -0.4 is 16.6 Å². The van der Waals surface area contributed by atoms with E-state index in [0.29, 0.717) is 6.07 Å². The number of H-pyrrole nitrogens is 1. The van der Waals surface area contributed by atoms with Gasteiger partial charge in [-0.2, -0.15) is 0 Å². The highest BCUT2D eigenvalue weighted by Gasteiger charge is 2.15. The van der Waals surface area contributed by atoms with E-state index >= 15 is 0 Å². The van der Waals surface area contributed by atoms with Gasteiger partial charge >= 0.3 is 0 Å². The lowest BCUT2D eigenvalue weighted by molar-refractivity contribution is -0.116. The molecule has 0 aliphatic heterocycles. The molecule has 0 atom stereocenters. The number of carbonyl (C=O) groups excluding carboxylic acids is 2. The molecule has 27 heavy (non-hydrogen) atoms. The highest BCUT2D eigenvalue weighted by Crippen LogP contribution is 2.20. The number of anilines is 2. The number of nitrogens with two attached hydrogens (primary N) is 1. The molecule has 0 spiro atoms. The Hall–Kier alpha value is -3.02. The van der Waals surface area contributed by atoms with Crippen molar-refractivity contribution in [3.05, 3.63) is 46.0 Å². The molecule has 2 aromatic rings. The third-order valence-electron chi connectivity index (χ3n) is 2.60. The maximum absolute atomic E-state index is 13.4. The van der Waals surface area contributed by atoms with Gasteiger partial charge in [-0.25, -0.2) is 18.2 Å². The molecule has 1 heterocycles. The van der Waals surface area contributed by atoms with Crippen LogP contribution in [0.3, 0.4) is 0 Å². The predicted molar refractivity (Wildman–Crippen MR) is 94.7 cm³/mol. The average molecular weight is 403 g/mol. The number of amides is 2. The van der Waals surface area contributed by atoms with Gasteiger partial charge in [0.1, 0.15) is 5.82 Å². The summed E-state index contributed by atoms with van der Waals surface area (Å²) in [7, 11) is 3.38. The monoisotopic (exact) mass is 403 g/mol. The number of carbonyl (C=O) groups is 2. The van der Waals surface area contributed by atoms with Crippen molar-refractivity contribution in [3.8, 4) is 0 Å². The van der Waals surface area contributed by atoms with Crippen molar-refractivity contribution in [1.82, 2.24) is 14.9 Å². The molecule has 0 fully saturated rings. The number of aromatic nitrogens is 2. The fourth-order valence-electron chi connectivity index (χ4n) is 1.46. The van der Waals surface area contributed by atoms with Crippen LogP contribution in [-0.2, 0) is 9.59 Å². The van der Waals surface area contributed by atoms with Crippen LogP contribution in [0.15, 0.2) is 28.2 Å². The van der Waals surface area contributed by atoms with Gasteiger partial charge in [-0.05, 0) is 12.1 Å². The summed E-state index contributed by atoms with van der Waals surface area (Å²) in [5, 5.41) is 2.19. The minimum absolute atomic E-state index is 0.0155. The van der Waals surface area contributed by atoms with Crippen LogP contribution in [-0.4, -0.2) is 47.0 Å². The quantitative estimate of drug-likeness (QED) is 0.299. The molecule has 0 saturated carbocycles. The van der Waals surface area contributed by atoms with Crippen molar-refractivity contribution in [2.24, 2.45) is 0 Å². The Labute approximate surface area is 156 Å². The van der Waals surface area contributed by atoms with Crippen LogP contribution in [0.25, 0.3) is 0 Å². The molecule has 0 unspecified atom stereocenters. The summed E-state index contributed by atoms with van der Waals surface area (Å²) in [6, 6.07) is 2.66. The Morgan fingerprint density at radius 1 is 1.33 bits per heavy atom. The third-order valence-corrected chi connectivity index (χ3v) is 3.47. The molecule has 0 bridgehead atoms. The number of halogens is 3. The third kappa shape index (κ3) is 7.40. The normalized spacial score (nSPS) is 9.81. The number of nitrogen functional groups attached to an aromatic ring is 1. The summed E-state index contributed by atoms with van der Waals surface area (Å²) in [6.45, 7) is 0. The van der Waals surface area contributed by atoms with Gasteiger partial charge in [0.15, 0.2) is 22.6 Å². The molecule has 4 N–H and O–H groups in total. The van der Waals surface area contributed by atoms with Crippen molar-refractivity contribution in [1.29, 1.82) is 0 Å². The van der Waals surface area contributed by atoms with Gasteiger partial charge in [-0.3, -0.25) is 14.4 Å². The Balaban J connectivity index is 0.000000646. The predicted octanol–water partition coefficient (Wildman–Crippen LogP) is 1.20. The van der Waals surface area contributed by atoms with E-state index < -0.39 is 34.6 Å². The zero-order valence-corrected chi connectivity index (χ0v) is 15.1. The number of nitrogens with zero attached hydrogens (tertiary/aromatic N) is 2. The first-order chi connectivity index (χ1) is 12.6. The minimum atomic E-state index is -1.67. The zero-order valence-electron chi connectivity index (χ0n) is 14.3. The van der Waals surface area contributed by atoms with E-state index in [-0.39, 0.29) is 16.7 Å². The topological polar surface area (TPSA) is 121 Å². The van der Waals surface area contributed by atoms with Gasteiger partial charge in [0.2, 0.25) is 12.3 Å². The standard InChI is InChI=1S/C12H9F3N4O2S.C3H7NO/c13-5-1-2-6(11(15)10(5)14)17-9(21)4-22-12-18-7(16)3-8(20)19-12;1-4(2)3-5/h1-3H,4H2,(H,17,21)(H3,16,18,19,20);3H,1-2H3. The van der Waals surface area contributed by atoms with Crippen LogP contribution in [0.1, 0.15) is 0 Å². The van der Waals surface area contributed by atoms with Gasteiger partial charge < -0.3 is 20.9 Å². The zero-order chi connectivity index (χ0) is 20.6. The van der Waals surface area contributed by atoms with Gasteiger partial charge in [0, 0.05) is 20.2 Å². The van der Waals surface area contributed by atoms with Gasteiger partial charge in [-0.15, -0.1) is 0 Å². The molecule has 12 heteroatoms. The summed E-state index contributed by atoms with van der Waals surface area (Å²) in [5.41, 5.74) is 4.40. The number of benzene rings is 1. The second kappa shape index (κ2) is 10.2. The Bertz CT molecular complexity index is 876. The van der Waals surface area contributed by atoms with E-state index in [1.807, 2.05) is 0 Å². The van der Waals surface area contributed by atoms with Crippen molar-refractivity contribution in [2.75, 3.05) is 30.9 Å². The maximum Gasteiger partial charge on any atom is 0.253 e. The Morgan fingerprint density at radius 2 is 1.96 bits per heavy atom. The molecule has 0 radical (unpaired) electrons. The van der Waals surface area contributed by atoms with Crippen LogP contribution in [0.5, 0.6) is 0 Å². The van der Waals surface area contributed by atoms with E-state index in [1.165, 1.54) is 4.90 Å². The molecule has 2 amide bonds. The number of hydrogen-bond donors (Lipinski definition) is 3. The van der Waals surface area contributed by atoms with E-state index in [4.69, 9.17) is 5.73 Å². The second-order valence-electron chi connectivity index (χ2n) is 5.10. The highest BCUT2D eigenvalue weighted by molar-refractivity contribution is 7.99. The molecular weight excluding hydrogens is 387 g/mol. The maximum atomic E-state index is 13.4. The summed E-state index contributed by atoms with van der Waals surface area (Å²) in [4.78, 5) is 39.8. The van der Waals surface area contributed by atoms with Crippen LogP contribution in [0.2, 0.25) is 0 Å². The smallest absolute Gasteiger partial charge is 0.253 e. The number of thioether (sulfide) groups is 1. The Morgan fingerprint density at radius 3 is 2.52 bits per heavy atom. The lowest BCUT2D eigenvalue weighted by atomic mass is 10.3. The average Bonchev–Trinajstić information content (AvgIpc) is 2.60. The number of nitrogens with one attached hydrogen (secondary N) is 2. The first-order valence-corrected chi connectivity index (χ1v) is 8.17. The van der Waals surface area contributed by atoms with E-state index in [1.54, 1.807) is 14.1 Å². The Kier molecular flexibility index (Phi) is 8.33. The van der Waals surface area contributed by atoms with E-state index in [2.05, 4.69) is 15.3 Å². The SMILES string of the molecule is CN(C)C=O.Nc1cc(=O)[nH]c(SCC(=O)Nc2ccc(F)c(F)c2F)n1. The molecule has 0 aliphatic rings. The van der Waals surface area contributed by atoms with E-state index in [0.717, 1.165) is 30.3 Å². The summed E-state index contributed by atoms with van der Waals surface area (Å²) < 4.78 is 39.1. The molecule has 1 aromatic carbocycles. The largest absolute Gasteiger partial charge is 0.383 e. The minimum Gasteiger partial charge on any atom is -0.383 e. The molecule has 146 valence electrons. The lowest BCUT2D eigenvalue weighted by Gasteiger charge is -2.07. The van der Waals surface area contributed by atoms with Crippen molar-refractivity contribution >= 4 is 35.6 Å². The van der Waals surface area contributed by atoms with Gasteiger partial charge in [-0.1, -0.05) is 11.8 Å². The molecule has 2 rings (SSSR count). The molecule has 0 saturated heterocycles. The first-order valence-electron chi connectivity index (χ1n) is 7.18. The fourth-order valence-corrected chi connectivity index (χ4v) is 2.15. The lowest BCUT2D eigenvalue weighted by Crippen LogP contribution is -2.17. The van der Waals surface area contributed by atoms with Gasteiger partial charge in [0.05, 0.1) is 11.4 Å². The summed E-state index contributed by atoms with van der Waals surface area (Å²) in [5.74, 6) is -5.48. The first kappa shape index (κ1) is 22.0. The van der Waals surface area contributed by atoms with Crippen molar-refractivity contribution < 1.29 is 22.8 Å². The number of hydrogen-bond acceptors (Lipinski definition) is 6.